The first-order chi connectivity index (χ1) is 10.1. The molecule has 0 saturated carbocycles. The van der Waals surface area contributed by atoms with Crippen LogP contribution in [0.5, 0.6) is 0 Å². The van der Waals surface area contributed by atoms with E-state index in [4.69, 9.17) is 9.26 Å². The van der Waals surface area contributed by atoms with Crippen LogP contribution in [0.4, 0.5) is 4.39 Å². The highest BCUT2D eigenvalue weighted by Crippen LogP contribution is 2.27. The number of rotatable bonds is 6. The first-order valence-electron chi connectivity index (χ1n) is 6.63. The Morgan fingerprint density at radius 1 is 1.43 bits per heavy atom. The molecule has 0 spiro atoms. The summed E-state index contributed by atoms with van der Waals surface area (Å²) < 4.78 is 23.8. The molecule has 0 aliphatic heterocycles. The van der Waals surface area contributed by atoms with E-state index in [0.717, 1.165) is 0 Å². The van der Waals surface area contributed by atoms with Gasteiger partial charge in [0.1, 0.15) is 22.8 Å². The van der Waals surface area contributed by atoms with E-state index >= 15 is 0 Å². The highest BCUT2D eigenvalue weighted by Gasteiger charge is 2.22. The summed E-state index contributed by atoms with van der Waals surface area (Å²) >= 11 is 0. The predicted octanol–water partition coefficient (Wildman–Crippen LogP) is 2.56. The number of methoxy groups -OCH3 is 1. The summed E-state index contributed by atoms with van der Waals surface area (Å²) in [5.41, 5.74) is 0.726. The van der Waals surface area contributed by atoms with Crippen molar-refractivity contribution < 1.29 is 18.4 Å². The topological polar surface area (TPSA) is 64.4 Å². The zero-order valence-corrected chi connectivity index (χ0v) is 12.0. The van der Waals surface area contributed by atoms with Crippen molar-refractivity contribution in [3.05, 3.63) is 41.4 Å². The average molecular weight is 292 g/mol. The van der Waals surface area contributed by atoms with E-state index in [1.807, 2.05) is 0 Å². The van der Waals surface area contributed by atoms with Crippen LogP contribution in [0.2, 0.25) is 0 Å². The number of carbonyl (C=O) groups is 1. The normalized spacial score (nSPS) is 10.6. The molecule has 0 fully saturated rings. The molecule has 0 unspecified atom stereocenters. The third-order valence-corrected chi connectivity index (χ3v) is 3.03. The molecule has 0 aliphatic carbocycles. The Balaban J connectivity index is 2.22. The molecule has 0 radical (unpaired) electrons. The molecule has 0 saturated heterocycles. The molecule has 0 bridgehead atoms. The number of carbonyl (C=O) groups excluding carboxylic acids is 1. The van der Waals surface area contributed by atoms with Gasteiger partial charge < -0.3 is 14.6 Å². The summed E-state index contributed by atoms with van der Waals surface area (Å²) in [6, 6.07) is 6.15. The van der Waals surface area contributed by atoms with Gasteiger partial charge in [-0.1, -0.05) is 17.3 Å². The number of hydrogen-bond donors (Lipinski definition) is 1. The van der Waals surface area contributed by atoms with Gasteiger partial charge in [-0.2, -0.15) is 0 Å². The SMILES string of the molecule is COCCCNC(=O)c1c(-c2ccccc2F)noc1C. The Bertz CT molecular complexity index is 625. The van der Waals surface area contributed by atoms with Crippen LogP contribution in [0.3, 0.4) is 0 Å². The molecule has 2 rings (SSSR count). The van der Waals surface area contributed by atoms with Gasteiger partial charge in [0.2, 0.25) is 0 Å². The third-order valence-electron chi connectivity index (χ3n) is 3.03. The van der Waals surface area contributed by atoms with E-state index in [0.29, 0.717) is 25.3 Å². The highest BCUT2D eigenvalue weighted by atomic mass is 19.1. The van der Waals surface area contributed by atoms with Crippen LogP contribution >= 0.6 is 0 Å². The Morgan fingerprint density at radius 2 is 2.19 bits per heavy atom. The van der Waals surface area contributed by atoms with E-state index in [1.54, 1.807) is 32.2 Å². The molecule has 21 heavy (non-hydrogen) atoms. The first kappa shape index (κ1) is 15.2. The summed E-state index contributed by atoms with van der Waals surface area (Å²) in [5, 5.41) is 6.56. The average Bonchev–Trinajstić information content (AvgIpc) is 2.85. The van der Waals surface area contributed by atoms with Crippen LogP contribution < -0.4 is 5.32 Å². The van der Waals surface area contributed by atoms with E-state index in [1.165, 1.54) is 6.07 Å². The fraction of sp³-hybridized carbons (Fsp3) is 0.333. The van der Waals surface area contributed by atoms with Crippen LogP contribution in [-0.2, 0) is 4.74 Å². The van der Waals surface area contributed by atoms with Crippen molar-refractivity contribution in [2.24, 2.45) is 0 Å². The zero-order chi connectivity index (χ0) is 15.2. The summed E-state index contributed by atoms with van der Waals surface area (Å²) in [4.78, 5) is 12.2. The van der Waals surface area contributed by atoms with Crippen molar-refractivity contribution in [2.45, 2.75) is 13.3 Å². The monoisotopic (exact) mass is 292 g/mol. The van der Waals surface area contributed by atoms with Gasteiger partial charge in [0.05, 0.1) is 0 Å². The second-order valence-corrected chi connectivity index (χ2v) is 4.54. The molecule has 5 nitrogen and oxygen atoms in total. The molecule has 6 heteroatoms. The van der Waals surface area contributed by atoms with Gasteiger partial charge in [0.15, 0.2) is 0 Å². The summed E-state index contributed by atoms with van der Waals surface area (Å²) in [7, 11) is 1.60. The lowest BCUT2D eigenvalue weighted by atomic mass is 10.1. The third kappa shape index (κ3) is 3.46. The number of aromatic nitrogens is 1. The van der Waals surface area contributed by atoms with Gasteiger partial charge >= 0.3 is 0 Å². The number of aryl methyl sites for hydroxylation is 1. The summed E-state index contributed by atoms with van der Waals surface area (Å²) in [6.45, 7) is 2.65. The molecule has 0 aliphatic rings. The van der Waals surface area contributed by atoms with Crippen molar-refractivity contribution in [1.82, 2.24) is 10.5 Å². The van der Waals surface area contributed by atoms with E-state index < -0.39 is 5.82 Å². The van der Waals surface area contributed by atoms with Crippen LogP contribution in [0, 0.1) is 12.7 Å². The van der Waals surface area contributed by atoms with Crippen molar-refractivity contribution >= 4 is 5.91 Å². The van der Waals surface area contributed by atoms with Gasteiger partial charge in [0, 0.05) is 25.8 Å². The molecule has 1 heterocycles. The van der Waals surface area contributed by atoms with E-state index in [9.17, 15) is 9.18 Å². The Morgan fingerprint density at radius 3 is 2.90 bits per heavy atom. The molecule has 1 aromatic heterocycles. The van der Waals surface area contributed by atoms with Crippen LogP contribution in [-0.4, -0.2) is 31.3 Å². The Hall–Kier alpha value is -2.21. The van der Waals surface area contributed by atoms with E-state index in [2.05, 4.69) is 10.5 Å². The molecule has 1 amide bonds. The Kier molecular flexibility index (Phi) is 5.05. The minimum atomic E-state index is -0.445. The number of hydrogen-bond acceptors (Lipinski definition) is 4. The standard InChI is InChI=1S/C15H17FN2O3/c1-10-13(15(19)17-8-5-9-20-2)14(18-21-10)11-6-3-4-7-12(11)16/h3-4,6-7H,5,8-9H2,1-2H3,(H,17,19). The van der Waals surface area contributed by atoms with Gasteiger partial charge in [-0.15, -0.1) is 0 Å². The largest absolute Gasteiger partial charge is 0.385 e. The number of amides is 1. The molecule has 2 aromatic rings. The molecule has 112 valence electrons. The number of halogens is 1. The molecular formula is C15H17FN2O3. The lowest BCUT2D eigenvalue weighted by Crippen LogP contribution is -2.26. The minimum absolute atomic E-state index is 0.217. The maximum absolute atomic E-state index is 13.9. The Labute approximate surface area is 122 Å². The minimum Gasteiger partial charge on any atom is -0.385 e. The van der Waals surface area contributed by atoms with Crippen LogP contribution in [0.15, 0.2) is 28.8 Å². The number of ether oxygens (including phenoxy) is 1. The number of nitrogens with zero attached hydrogens (tertiary/aromatic N) is 1. The van der Waals surface area contributed by atoms with Crippen LogP contribution in [0.25, 0.3) is 11.3 Å². The smallest absolute Gasteiger partial charge is 0.257 e. The second-order valence-electron chi connectivity index (χ2n) is 4.54. The molecule has 1 aromatic carbocycles. The number of benzene rings is 1. The summed E-state index contributed by atoms with van der Waals surface area (Å²) in [6.07, 6.45) is 0.696. The maximum atomic E-state index is 13.9. The maximum Gasteiger partial charge on any atom is 0.257 e. The lowest BCUT2D eigenvalue weighted by Gasteiger charge is -2.06. The zero-order valence-electron chi connectivity index (χ0n) is 12.0. The fourth-order valence-corrected chi connectivity index (χ4v) is 1.98. The molecular weight excluding hydrogens is 275 g/mol. The van der Waals surface area contributed by atoms with Crippen molar-refractivity contribution in [3.8, 4) is 11.3 Å². The van der Waals surface area contributed by atoms with Gasteiger partial charge in [-0.25, -0.2) is 4.39 Å². The van der Waals surface area contributed by atoms with Gasteiger partial charge in [-0.05, 0) is 25.5 Å². The predicted molar refractivity (Wildman–Crippen MR) is 75.5 cm³/mol. The quantitative estimate of drug-likeness (QED) is 0.831. The number of nitrogens with one attached hydrogen (secondary N) is 1. The van der Waals surface area contributed by atoms with Gasteiger partial charge in [0.25, 0.3) is 5.91 Å². The summed E-state index contributed by atoms with van der Waals surface area (Å²) in [5.74, 6) is -0.417. The van der Waals surface area contributed by atoms with Crippen molar-refractivity contribution in [3.63, 3.8) is 0 Å². The van der Waals surface area contributed by atoms with Crippen LogP contribution in [0.1, 0.15) is 22.5 Å². The second kappa shape index (κ2) is 6.99. The fourth-order valence-electron chi connectivity index (χ4n) is 1.98. The molecule has 0 atom stereocenters. The van der Waals surface area contributed by atoms with E-state index in [-0.39, 0.29) is 22.7 Å². The lowest BCUT2D eigenvalue weighted by molar-refractivity contribution is 0.0947. The highest BCUT2D eigenvalue weighted by molar-refractivity contribution is 6.00. The first-order valence-corrected chi connectivity index (χ1v) is 6.63. The van der Waals surface area contributed by atoms with Crippen molar-refractivity contribution in [2.75, 3.05) is 20.3 Å². The molecule has 1 N–H and O–H groups in total. The van der Waals surface area contributed by atoms with Crippen molar-refractivity contribution in [1.29, 1.82) is 0 Å². The van der Waals surface area contributed by atoms with Gasteiger partial charge in [-0.3, -0.25) is 4.79 Å².